The smallest absolute Gasteiger partial charge is 0.238 e. The highest BCUT2D eigenvalue weighted by Gasteiger charge is 2.08. The summed E-state index contributed by atoms with van der Waals surface area (Å²) in [5.41, 5.74) is 0.440. The highest BCUT2D eigenvalue weighted by atomic mass is 35.5. The summed E-state index contributed by atoms with van der Waals surface area (Å²) in [5.74, 6) is -0.190. The number of ether oxygens (including phenoxy) is 2. The summed E-state index contributed by atoms with van der Waals surface area (Å²) in [6.07, 6.45) is 0.823. The van der Waals surface area contributed by atoms with Gasteiger partial charge in [-0.25, -0.2) is 0 Å². The molecule has 0 radical (unpaired) electrons. The number of carbonyl (C=O) groups is 1. The molecule has 7 heteroatoms. The summed E-state index contributed by atoms with van der Waals surface area (Å²) in [4.78, 5) is 11.8. The Morgan fingerprint density at radius 3 is 2.57 bits per heavy atom. The molecule has 0 aromatic heterocycles. The number of amides is 1. The van der Waals surface area contributed by atoms with Gasteiger partial charge in [-0.1, -0.05) is 29.3 Å². The van der Waals surface area contributed by atoms with Gasteiger partial charge in [-0.15, -0.1) is 0 Å². The zero-order valence-electron chi connectivity index (χ0n) is 12.0. The molecule has 118 valence electrons. The van der Waals surface area contributed by atoms with E-state index in [1.54, 1.807) is 25.3 Å². The predicted octanol–water partition coefficient (Wildman–Crippen LogP) is 2.57. The van der Waals surface area contributed by atoms with Gasteiger partial charge in [0.25, 0.3) is 0 Å². The third kappa shape index (κ3) is 7.64. The maximum Gasteiger partial charge on any atom is 0.238 e. The molecule has 0 atom stereocenters. The minimum absolute atomic E-state index is 0.190. The van der Waals surface area contributed by atoms with Gasteiger partial charge in [-0.3, -0.25) is 4.79 Å². The number of hydrogen-bond donors (Lipinski definition) is 2. The zero-order valence-corrected chi connectivity index (χ0v) is 13.5. The van der Waals surface area contributed by atoms with Crippen molar-refractivity contribution >= 4 is 34.8 Å². The SMILES string of the molecule is COCCOCCCNCC(=O)Nc1c(Cl)cccc1Cl. The second-order valence-electron chi connectivity index (χ2n) is 4.28. The Kier molecular flexibility index (Phi) is 9.37. The summed E-state index contributed by atoms with van der Waals surface area (Å²) in [6.45, 7) is 2.70. The Hall–Kier alpha value is -0.850. The molecule has 1 aromatic rings. The van der Waals surface area contributed by atoms with E-state index in [4.69, 9.17) is 32.7 Å². The third-order valence-corrected chi connectivity index (χ3v) is 3.22. The Bertz CT molecular complexity index is 424. The number of halogens is 2. The van der Waals surface area contributed by atoms with E-state index >= 15 is 0 Å². The fraction of sp³-hybridized carbons (Fsp3) is 0.500. The summed E-state index contributed by atoms with van der Waals surface area (Å²) in [7, 11) is 1.63. The Labute approximate surface area is 134 Å². The number of methoxy groups -OCH3 is 1. The van der Waals surface area contributed by atoms with Crippen LogP contribution < -0.4 is 10.6 Å². The second kappa shape index (κ2) is 10.8. The number of hydrogen-bond acceptors (Lipinski definition) is 4. The second-order valence-corrected chi connectivity index (χ2v) is 5.09. The lowest BCUT2D eigenvalue weighted by atomic mass is 10.3. The van der Waals surface area contributed by atoms with Crippen LogP contribution in [0.5, 0.6) is 0 Å². The summed E-state index contributed by atoms with van der Waals surface area (Å²) in [5, 5.41) is 6.55. The highest BCUT2D eigenvalue weighted by Crippen LogP contribution is 2.29. The van der Waals surface area contributed by atoms with Crippen molar-refractivity contribution in [3.05, 3.63) is 28.2 Å². The van der Waals surface area contributed by atoms with E-state index in [-0.39, 0.29) is 12.5 Å². The number of anilines is 1. The van der Waals surface area contributed by atoms with Crippen molar-refractivity contribution in [3.8, 4) is 0 Å². The van der Waals surface area contributed by atoms with Crippen LogP contribution in [0.25, 0.3) is 0 Å². The average Bonchev–Trinajstić information content (AvgIpc) is 2.46. The van der Waals surface area contributed by atoms with E-state index in [0.29, 0.717) is 42.1 Å². The van der Waals surface area contributed by atoms with Crippen molar-refractivity contribution in [3.63, 3.8) is 0 Å². The lowest BCUT2D eigenvalue weighted by Gasteiger charge is -2.10. The van der Waals surface area contributed by atoms with Gasteiger partial charge in [0.2, 0.25) is 5.91 Å². The lowest BCUT2D eigenvalue weighted by Crippen LogP contribution is -2.29. The molecule has 0 saturated carbocycles. The minimum Gasteiger partial charge on any atom is -0.382 e. The molecule has 1 amide bonds. The molecule has 0 fully saturated rings. The van der Waals surface area contributed by atoms with E-state index in [0.717, 1.165) is 6.42 Å². The van der Waals surface area contributed by atoms with Crippen molar-refractivity contribution < 1.29 is 14.3 Å². The molecule has 0 aliphatic heterocycles. The molecule has 0 unspecified atom stereocenters. The summed E-state index contributed by atoms with van der Waals surface area (Å²) in [6, 6.07) is 5.07. The molecule has 0 heterocycles. The van der Waals surface area contributed by atoms with Gasteiger partial charge >= 0.3 is 0 Å². The van der Waals surface area contributed by atoms with E-state index in [1.807, 2.05) is 0 Å². The summed E-state index contributed by atoms with van der Waals surface area (Å²) < 4.78 is 10.2. The number of benzene rings is 1. The van der Waals surface area contributed by atoms with Crippen LogP contribution >= 0.6 is 23.2 Å². The number of para-hydroxylation sites is 1. The minimum atomic E-state index is -0.190. The van der Waals surface area contributed by atoms with Gasteiger partial charge < -0.3 is 20.1 Å². The molecule has 0 saturated heterocycles. The quantitative estimate of drug-likeness (QED) is 0.645. The van der Waals surface area contributed by atoms with Crippen LogP contribution in [0, 0.1) is 0 Å². The van der Waals surface area contributed by atoms with Crippen LogP contribution in [0.2, 0.25) is 10.0 Å². The fourth-order valence-electron chi connectivity index (χ4n) is 1.55. The van der Waals surface area contributed by atoms with E-state index in [2.05, 4.69) is 10.6 Å². The predicted molar refractivity (Wildman–Crippen MR) is 85.3 cm³/mol. The van der Waals surface area contributed by atoms with Crippen molar-refractivity contribution in [1.82, 2.24) is 5.32 Å². The Morgan fingerprint density at radius 2 is 1.90 bits per heavy atom. The first-order valence-corrected chi connectivity index (χ1v) is 7.42. The Balaban J connectivity index is 2.14. The van der Waals surface area contributed by atoms with Crippen LogP contribution in [-0.4, -0.2) is 45.9 Å². The molecule has 1 aromatic carbocycles. The first-order valence-electron chi connectivity index (χ1n) is 6.66. The topological polar surface area (TPSA) is 59.6 Å². The number of rotatable bonds is 10. The maximum atomic E-state index is 11.8. The molecule has 0 spiro atoms. The molecule has 0 bridgehead atoms. The van der Waals surface area contributed by atoms with Gasteiger partial charge in [0.15, 0.2) is 0 Å². The van der Waals surface area contributed by atoms with E-state index in [9.17, 15) is 4.79 Å². The maximum absolute atomic E-state index is 11.8. The van der Waals surface area contributed by atoms with Crippen molar-refractivity contribution in [2.75, 3.05) is 45.3 Å². The fourth-order valence-corrected chi connectivity index (χ4v) is 2.04. The van der Waals surface area contributed by atoms with Crippen LogP contribution in [0.3, 0.4) is 0 Å². The average molecular weight is 335 g/mol. The van der Waals surface area contributed by atoms with E-state index in [1.165, 1.54) is 0 Å². The van der Waals surface area contributed by atoms with Gasteiger partial charge in [0, 0.05) is 13.7 Å². The molecule has 21 heavy (non-hydrogen) atoms. The summed E-state index contributed by atoms with van der Waals surface area (Å²) >= 11 is 11.9. The van der Waals surface area contributed by atoms with Gasteiger partial charge in [0.1, 0.15) is 0 Å². The monoisotopic (exact) mass is 334 g/mol. The molecular weight excluding hydrogens is 315 g/mol. The van der Waals surface area contributed by atoms with Crippen LogP contribution in [0.4, 0.5) is 5.69 Å². The van der Waals surface area contributed by atoms with Crippen molar-refractivity contribution in [2.24, 2.45) is 0 Å². The third-order valence-electron chi connectivity index (χ3n) is 2.59. The first kappa shape index (κ1) is 18.2. The molecule has 5 nitrogen and oxygen atoms in total. The van der Waals surface area contributed by atoms with Crippen molar-refractivity contribution in [1.29, 1.82) is 0 Å². The lowest BCUT2D eigenvalue weighted by molar-refractivity contribution is -0.115. The van der Waals surface area contributed by atoms with E-state index < -0.39 is 0 Å². The van der Waals surface area contributed by atoms with Gasteiger partial charge in [0.05, 0.1) is 35.5 Å². The van der Waals surface area contributed by atoms with Crippen molar-refractivity contribution in [2.45, 2.75) is 6.42 Å². The van der Waals surface area contributed by atoms with Crippen LogP contribution in [-0.2, 0) is 14.3 Å². The van der Waals surface area contributed by atoms with Gasteiger partial charge in [-0.2, -0.15) is 0 Å². The highest BCUT2D eigenvalue weighted by molar-refractivity contribution is 6.39. The van der Waals surface area contributed by atoms with Gasteiger partial charge in [-0.05, 0) is 25.1 Å². The number of carbonyl (C=O) groups excluding carboxylic acids is 1. The molecule has 1 rings (SSSR count). The standard InChI is InChI=1S/C14H20Cl2N2O3/c1-20-8-9-21-7-3-6-17-10-13(19)18-14-11(15)4-2-5-12(14)16/h2,4-5,17H,3,6-10H2,1H3,(H,18,19). The molecule has 0 aliphatic carbocycles. The normalized spacial score (nSPS) is 10.6. The Morgan fingerprint density at radius 1 is 1.19 bits per heavy atom. The number of nitrogens with one attached hydrogen (secondary N) is 2. The molecular formula is C14H20Cl2N2O3. The first-order chi connectivity index (χ1) is 10.1. The van der Waals surface area contributed by atoms with Crippen LogP contribution in [0.15, 0.2) is 18.2 Å². The molecule has 2 N–H and O–H groups in total. The van der Waals surface area contributed by atoms with Crippen LogP contribution in [0.1, 0.15) is 6.42 Å². The largest absolute Gasteiger partial charge is 0.382 e. The zero-order chi connectivity index (χ0) is 15.5. The molecule has 0 aliphatic rings.